The van der Waals surface area contributed by atoms with Crippen LogP contribution in [-0.2, 0) is 9.53 Å². The van der Waals surface area contributed by atoms with Crippen molar-refractivity contribution in [3.63, 3.8) is 0 Å². The molecule has 1 aromatic heterocycles. The van der Waals surface area contributed by atoms with E-state index in [2.05, 4.69) is 14.9 Å². The normalized spacial score (nSPS) is 19.3. The van der Waals surface area contributed by atoms with E-state index in [4.69, 9.17) is 4.74 Å². The van der Waals surface area contributed by atoms with Gasteiger partial charge in [-0.05, 0) is 33.6 Å². The number of carbonyl (C=O) groups excluding carboxylic acids is 1. The Labute approximate surface area is 114 Å². The predicted octanol–water partition coefficient (Wildman–Crippen LogP) is 1.87. The summed E-state index contributed by atoms with van der Waals surface area (Å²) < 4.78 is 5.12. The van der Waals surface area contributed by atoms with Crippen molar-refractivity contribution >= 4 is 11.8 Å². The topological polar surface area (TPSA) is 55.3 Å². The Morgan fingerprint density at radius 3 is 3.05 bits per heavy atom. The average Bonchev–Trinajstić information content (AvgIpc) is 2.42. The monoisotopic (exact) mass is 263 g/mol. The van der Waals surface area contributed by atoms with Gasteiger partial charge in [0.1, 0.15) is 5.82 Å². The van der Waals surface area contributed by atoms with Gasteiger partial charge in [-0.2, -0.15) is 0 Å². The van der Waals surface area contributed by atoms with Gasteiger partial charge in [0.15, 0.2) is 0 Å². The number of anilines is 1. The minimum atomic E-state index is -0.0922. The van der Waals surface area contributed by atoms with Gasteiger partial charge < -0.3 is 9.64 Å². The SMILES string of the molecule is CCOC(=O)C1CCCN(c2nc(C)cnc2C)C1. The van der Waals surface area contributed by atoms with E-state index in [1.165, 1.54) is 0 Å². The lowest BCUT2D eigenvalue weighted by molar-refractivity contribution is -0.148. The molecule has 19 heavy (non-hydrogen) atoms. The first-order chi connectivity index (χ1) is 9.11. The maximum absolute atomic E-state index is 11.8. The molecule has 0 saturated carbocycles. The van der Waals surface area contributed by atoms with Gasteiger partial charge in [-0.15, -0.1) is 0 Å². The molecule has 0 aromatic carbocycles. The Morgan fingerprint density at radius 1 is 1.53 bits per heavy atom. The molecule has 0 amide bonds. The highest BCUT2D eigenvalue weighted by Gasteiger charge is 2.28. The zero-order chi connectivity index (χ0) is 13.8. The first kappa shape index (κ1) is 13.8. The maximum Gasteiger partial charge on any atom is 0.310 e. The third kappa shape index (κ3) is 3.22. The van der Waals surface area contributed by atoms with Crippen molar-refractivity contribution in [2.75, 3.05) is 24.6 Å². The Kier molecular flexibility index (Phi) is 4.35. The Hall–Kier alpha value is -1.65. The van der Waals surface area contributed by atoms with Crippen LogP contribution in [0, 0.1) is 19.8 Å². The third-order valence-corrected chi connectivity index (χ3v) is 3.39. The molecule has 104 valence electrons. The second-order valence-electron chi connectivity index (χ2n) is 4.96. The molecule has 0 spiro atoms. The van der Waals surface area contributed by atoms with E-state index in [0.717, 1.165) is 36.6 Å². The second-order valence-corrected chi connectivity index (χ2v) is 4.96. The predicted molar refractivity (Wildman–Crippen MR) is 73.1 cm³/mol. The first-order valence-electron chi connectivity index (χ1n) is 6.83. The highest BCUT2D eigenvalue weighted by atomic mass is 16.5. The number of hydrogen-bond donors (Lipinski definition) is 0. The molecule has 1 aromatic rings. The molecule has 1 unspecified atom stereocenters. The zero-order valence-electron chi connectivity index (χ0n) is 11.8. The van der Waals surface area contributed by atoms with E-state index >= 15 is 0 Å². The van der Waals surface area contributed by atoms with Crippen molar-refractivity contribution in [3.8, 4) is 0 Å². The molecular weight excluding hydrogens is 242 g/mol. The number of nitrogens with zero attached hydrogens (tertiary/aromatic N) is 3. The Morgan fingerprint density at radius 2 is 2.32 bits per heavy atom. The van der Waals surface area contributed by atoms with Gasteiger partial charge >= 0.3 is 5.97 Å². The van der Waals surface area contributed by atoms with Crippen LogP contribution >= 0.6 is 0 Å². The summed E-state index contributed by atoms with van der Waals surface area (Å²) in [6.45, 7) is 7.78. The number of carbonyl (C=O) groups is 1. The van der Waals surface area contributed by atoms with Crippen molar-refractivity contribution in [2.24, 2.45) is 5.92 Å². The third-order valence-electron chi connectivity index (χ3n) is 3.39. The van der Waals surface area contributed by atoms with E-state index < -0.39 is 0 Å². The second kappa shape index (κ2) is 5.99. The lowest BCUT2D eigenvalue weighted by atomic mass is 9.98. The van der Waals surface area contributed by atoms with Crippen LogP contribution < -0.4 is 4.90 Å². The first-order valence-corrected chi connectivity index (χ1v) is 6.83. The highest BCUT2D eigenvalue weighted by molar-refractivity contribution is 5.73. The average molecular weight is 263 g/mol. The van der Waals surface area contributed by atoms with E-state index in [1.807, 2.05) is 20.8 Å². The largest absolute Gasteiger partial charge is 0.466 e. The summed E-state index contributed by atoms with van der Waals surface area (Å²) in [7, 11) is 0. The number of rotatable bonds is 3. The standard InChI is InChI=1S/C14H21N3O2/c1-4-19-14(18)12-6-5-7-17(9-12)13-11(3)15-8-10(2)16-13/h8,12H,4-7,9H2,1-3H3. The minimum absolute atomic E-state index is 0.0459. The maximum atomic E-state index is 11.8. The molecule has 2 heterocycles. The fourth-order valence-corrected chi connectivity index (χ4v) is 2.45. The van der Waals surface area contributed by atoms with Crippen molar-refractivity contribution in [1.29, 1.82) is 0 Å². The van der Waals surface area contributed by atoms with Crippen LogP contribution in [0.15, 0.2) is 6.20 Å². The number of aromatic nitrogens is 2. The van der Waals surface area contributed by atoms with Crippen LogP contribution in [0.2, 0.25) is 0 Å². The van der Waals surface area contributed by atoms with Gasteiger partial charge in [-0.25, -0.2) is 4.98 Å². The van der Waals surface area contributed by atoms with Crippen LogP contribution in [0.25, 0.3) is 0 Å². The Bertz CT molecular complexity index is 462. The molecular formula is C14H21N3O2. The van der Waals surface area contributed by atoms with Crippen LogP contribution in [-0.4, -0.2) is 35.6 Å². The molecule has 1 saturated heterocycles. The molecule has 0 radical (unpaired) electrons. The number of hydrogen-bond acceptors (Lipinski definition) is 5. The van der Waals surface area contributed by atoms with Crippen molar-refractivity contribution in [3.05, 3.63) is 17.6 Å². The smallest absolute Gasteiger partial charge is 0.310 e. The fourth-order valence-electron chi connectivity index (χ4n) is 2.45. The number of piperidine rings is 1. The van der Waals surface area contributed by atoms with Gasteiger partial charge in [0, 0.05) is 19.3 Å². The van der Waals surface area contributed by atoms with E-state index in [1.54, 1.807) is 6.20 Å². The lowest BCUT2D eigenvalue weighted by Gasteiger charge is -2.33. The van der Waals surface area contributed by atoms with Crippen molar-refractivity contribution < 1.29 is 9.53 Å². The number of ether oxygens (including phenoxy) is 1. The molecule has 1 aliphatic rings. The lowest BCUT2D eigenvalue weighted by Crippen LogP contribution is -2.40. The van der Waals surface area contributed by atoms with Gasteiger partial charge in [-0.3, -0.25) is 9.78 Å². The molecule has 0 bridgehead atoms. The van der Waals surface area contributed by atoms with Crippen LogP contribution in [0.5, 0.6) is 0 Å². The summed E-state index contributed by atoms with van der Waals surface area (Å²) in [4.78, 5) is 22.9. The molecule has 1 aliphatic heterocycles. The van der Waals surface area contributed by atoms with Crippen LogP contribution in [0.3, 0.4) is 0 Å². The molecule has 0 N–H and O–H groups in total. The number of esters is 1. The quantitative estimate of drug-likeness (QED) is 0.779. The summed E-state index contributed by atoms with van der Waals surface area (Å²) in [5.74, 6) is 0.759. The fraction of sp³-hybridized carbons (Fsp3) is 0.643. The molecule has 2 rings (SSSR count). The van der Waals surface area contributed by atoms with Gasteiger partial charge in [-0.1, -0.05) is 0 Å². The Balaban J connectivity index is 2.12. The molecule has 1 fully saturated rings. The van der Waals surface area contributed by atoms with E-state index in [0.29, 0.717) is 13.2 Å². The molecule has 5 nitrogen and oxygen atoms in total. The van der Waals surface area contributed by atoms with Crippen LogP contribution in [0.4, 0.5) is 5.82 Å². The summed E-state index contributed by atoms with van der Waals surface area (Å²) in [5.41, 5.74) is 1.81. The van der Waals surface area contributed by atoms with E-state index in [9.17, 15) is 4.79 Å². The zero-order valence-corrected chi connectivity index (χ0v) is 11.8. The minimum Gasteiger partial charge on any atom is -0.466 e. The molecule has 1 atom stereocenters. The summed E-state index contributed by atoms with van der Waals surface area (Å²) in [5, 5.41) is 0. The van der Waals surface area contributed by atoms with Gasteiger partial charge in [0.25, 0.3) is 0 Å². The highest BCUT2D eigenvalue weighted by Crippen LogP contribution is 2.24. The van der Waals surface area contributed by atoms with Crippen LogP contribution in [0.1, 0.15) is 31.2 Å². The van der Waals surface area contributed by atoms with Gasteiger partial charge in [0.05, 0.1) is 23.9 Å². The summed E-state index contributed by atoms with van der Waals surface area (Å²) in [6.07, 6.45) is 3.65. The summed E-state index contributed by atoms with van der Waals surface area (Å²) >= 11 is 0. The van der Waals surface area contributed by atoms with Crippen molar-refractivity contribution in [1.82, 2.24) is 9.97 Å². The van der Waals surface area contributed by atoms with Crippen molar-refractivity contribution in [2.45, 2.75) is 33.6 Å². The molecule has 5 heteroatoms. The van der Waals surface area contributed by atoms with Gasteiger partial charge in [0.2, 0.25) is 0 Å². The summed E-state index contributed by atoms with van der Waals surface area (Å²) in [6, 6.07) is 0. The van der Waals surface area contributed by atoms with E-state index in [-0.39, 0.29) is 11.9 Å². The molecule has 0 aliphatic carbocycles. The number of aryl methyl sites for hydroxylation is 2.